The van der Waals surface area contributed by atoms with Crippen molar-refractivity contribution in [1.29, 1.82) is 0 Å². The smallest absolute Gasteiger partial charge is 0.136 e. The Morgan fingerprint density at radius 2 is 1.15 bits per heavy atom. The van der Waals surface area contributed by atoms with Crippen molar-refractivity contribution in [3.8, 4) is 0 Å². The van der Waals surface area contributed by atoms with Gasteiger partial charge in [0.25, 0.3) is 0 Å². The maximum Gasteiger partial charge on any atom is 0.136 e. The van der Waals surface area contributed by atoms with Gasteiger partial charge >= 0.3 is 0 Å². The molecule has 1 aromatic heterocycles. The predicted molar refractivity (Wildman–Crippen MR) is 225 cm³/mol. The van der Waals surface area contributed by atoms with Crippen LogP contribution in [0.25, 0.3) is 32.7 Å². The zero-order valence-corrected chi connectivity index (χ0v) is 30.6. The Labute approximate surface area is 317 Å². The van der Waals surface area contributed by atoms with Crippen molar-refractivity contribution >= 4 is 61.1 Å². The third-order valence-electron chi connectivity index (χ3n) is 13.4. The van der Waals surface area contributed by atoms with Gasteiger partial charge in [-0.2, -0.15) is 0 Å². The Morgan fingerprint density at radius 1 is 0.500 bits per heavy atom. The molecule has 0 saturated heterocycles. The molecule has 54 heavy (non-hydrogen) atoms. The maximum atomic E-state index is 6.46. The molecule has 2 fully saturated rings. The van der Waals surface area contributed by atoms with Crippen LogP contribution in [0, 0.1) is 11.8 Å². The predicted octanol–water partition coefficient (Wildman–Crippen LogP) is 13.8. The third kappa shape index (κ3) is 5.09. The van der Waals surface area contributed by atoms with Crippen molar-refractivity contribution in [3.63, 3.8) is 0 Å². The van der Waals surface area contributed by atoms with Gasteiger partial charge in [-0.15, -0.1) is 0 Å². The number of rotatable bonds is 6. The van der Waals surface area contributed by atoms with Crippen LogP contribution in [0.3, 0.4) is 0 Å². The van der Waals surface area contributed by atoms with Crippen LogP contribution >= 0.6 is 0 Å². The van der Waals surface area contributed by atoms with Gasteiger partial charge in [-0.1, -0.05) is 84.9 Å². The van der Waals surface area contributed by atoms with Crippen molar-refractivity contribution in [2.24, 2.45) is 11.8 Å². The second-order valence-corrected chi connectivity index (χ2v) is 16.1. The zero-order valence-electron chi connectivity index (χ0n) is 30.6. The molecule has 3 aliphatic carbocycles. The minimum absolute atomic E-state index is 0.224. The third-order valence-corrected chi connectivity index (χ3v) is 13.4. The van der Waals surface area contributed by atoms with Crippen LogP contribution in [0.15, 0.2) is 168 Å². The summed E-state index contributed by atoms with van der Waals surface area (Å²) >= 11 is 0. The standard InChI is InChI=1S/C51H44N2O/c1-4-14-39(15-5-1)52(40-16-6-2-7-17-40)43-22-20-35-26-28-51(47(35)33-43)29-27-36-21-23-44(34-48(36)51)53(41-18-8-3-9-19-41)42-24-25-49-46(32-42)45-30-37-12-10-11-13-38(37)31-50(45)54-49/h1-20,22,24-25,30-33,36,44,48H,21,23,26-29,34H2/t36?,44?,48?,51-/m1/s1. The van der Waals surface area contributed by atoms with Crippen LogP contribution in [0.1, 0.15) is 49.7 Å². The fourth-order valence-corrected chi connectivity index (χ4v) is 11.0. The molecule has 0 bridgehead atoms. The number of aryl methyl sites for hydroxylation is 1. The SMILES string of the molecule is c1ccc(N(c2ccccc2)c2ccc3c(c2)[C@@]2(CC3)CCC3CCC(N(c4ccccc4)c4ccc5oc6cc7ccccc7cc6c5c4)CC32)cc1. The Hall–Kier alpha value is -5.80. The fourth-order valence-electron chi connectivity index (χ4n) is 11.0. The number of anilines is 5. The van der Waals surface area contributed by atoms with Gasteiger partial charge in [-0.05, 0) is 163 Å². The van der Waals surface area contributed by atoms with E-state index in [0.717, 1.165) is 17.1 Å². The summed E-state index contributed by atoms with van der Waals surface area (Å²) in [6.07, 6.45) is 8.80. The van der Waals surface area contributed by atoms with Crippen molar-refractivity contribution < 1.29 is 4.42 Å². The quantitative estimate of drug-likeness (QED) is 0.172. The van der Waals surface area contributed by atoms with E-state index in [2.05, 4.69) is 174 Å². The molecule has 7 aromatic carbocycles. The van der Waals surface area contributed by atoms with Crippen molar-refractivity contribution in [2.45, 2.75) is 56.4 Å². The number of hydrogen-bond acceptors (Lipinski definition) is 3. The summed E-state index contributed by atoms with van der Waals surface area (Å²) in [7, 11) is 0. The normalized spacial score (nSPS) is 21.8. The number of hydrogen-bond donors (Lipinski definition) is 0. The molecule has 3 unspecified atom stereocenters. The van der Waals surface area contributed by atoms with E-state index in [4.69, 9.17) is 4.42 Å². The lowest BCUT2D eigenvalue weighted by molar-refractivity contribution is 0.179. The van der Waals surface area contributed by atoms with E-state index in [1.807, 2.05) is 0 Å². The topological polar surface area (TPSA) is 19.6 Å². The van der Waals surface area contributed by atoms with Gasteiger partial charge in [-0.3, -0.25) is 0 Å². The van der Waals surface area contributed by atoms with E-state index < -0.39 is 0 Å². The van der Waals surface area contributed by atoms with Crippen LogP contribution in [0.4, 0.5) is 28.4 Å². The Kier molecular flexibility index (Phi) is 7.43. The molecule has 0 amide bonds. The van der Waals surface area contributed by atoms with Crippen LogP contribution in [0.2, 0.25) is 0 Å². The maximum absolute atomic E-state index is 6.46. The fraction of sp³-hybridized carbons (Fsp3) is 0.216. The number of fused-ring (bicyclic) bond motifs is 8. The molecule has 3 nitrogen and oxygen atoms in total. The van der Waals surface area contributed by atoms with Gasteiger partial charge in [-0.25, -0.2) is 0 Å². The highest BCUT2D eigenvalue weighted by atomic mass is 16.3. The first-order chi connectivity index (χ1) is 26.7. The van der Waals surface area contributed by atoms with Crippen molar-refractivity contribution in [3.05, 3.63) is 175 Å². The molecule has 4 atom stereocenters. The molecule has 11 rings (SSSR count). The summed E-state index contributed by atoms with van der Waals surface area (Å²) in [6.45, 7) is 0. The van der Waals surface area contributed by atoms with E-state index in [9.17, 15) is 0 Å². The van der Waals surface area contributed by atoms with E-state index in [1.54, 1.807) is 11.1 Å². The largest absolute Gasteiger partial charge is 0.456 e. The van der Waals surface area contributed by atoms with Crippen LogP contribution in [-0.2, 0) is 11.8 Å². The second kappa shape index (κ2) is 12.7. The van der Waals surface area contributed by atoms with Crippen molar-refractivity contribution in [2.75, 3.05) is 9.80 Å². The highest BCUT2D eigenvalue weighted by molar-refractivity contribution is 6.11. The lowest BCUT2D eigenvalue weighted by Crippen LogP contribution is -2.42. The van der Waals surface area contributed by atoms with E-state index >= 15 is 0 Å². The minimum atomic E-state index is 0.224. The van der Waals surface area contributed by atoms with Gasteiger partial charge in [0.05, 0.1) is 0 Å². The molecule has 3 aliphatic rings. The van der Waals surface area contributed by atoms with Gasteiger partial charge in [0, 0.05) is 45.3 Å². The monoisotopic (exact) mass is 700 g/mol. The molecule has 0 aliphatic heterocycles. The van der Waals surface area contributed by atoms with E-state index in [0.29, 0.717) is 12.0 Å². The Balaban J connectivity index is 0.984. The summed E-state index contributed by atoms with van der Waals surface area (Å²) in [5.41, 5.74) is 11.5. The first kappa shape index (κ1) is 31.7. The summed E-state index contributed by atoms with van der Waals surface area (Å²) in [6, 6.07) is 60.7. The van der Waals surface area contributed by atoms with Crippen LogP contribution in [0.5, 0.6) is 0 Å². The summed E-state index contributed by atoms with van der Waals surface area (Å²) in [5.74, 6) is 1.44. The molecule has 1 heterocycles. The number of para-hydroxylation sites is 3. The lowest BCUT2D eigenvalue weighted by Gasteiger charge is -2.45. The molecular weight excluding hydrogens is 657 g/mol. The number of furan rings is 1. The average Bonchev–Trinajstić information content (AvgIpc) is 3.91. The second-order valence-electron chi connectivity index (χ2n) is 16.1. The Bertz CT molecular complexity index is 2590. The molecule has 264 valence electrons. The molecule has 2 saturated carbocycles. The number of nitrogens with zero attached hydrogens (tertiary/aromatic N) is 2. The first-order valence-electron chi connectivity index (χ1n) is 19.9. The highest BCUT2D eigenvalue weighted by Gasteiger charge is 2.54. The summed E-state index contributed by atoms with van der Waals surface area (Å²) in [5, 5.41) is 4.85. The zero-order chi connectivity index (χ0) is 35.6. The summed E-state index contributed by atoms with van der Waals surface area (Å²) in [4.78, 5) is 5.12. The molecule has 0 radical (unpaired) electrons. The number of benzene rings is 7. The van der Waals surface area contributed by atoms with E-state index in [-0.39, 0.29) is 5.41 Å². The molecule has 8 aromatic rings. The summed E-state index contributed by atoms with van der Waals surface area (Å²) < 4.78 is 6.46. The average molecular weight is 701 g/mol. The Morgan fingerprint density at radius 3 is 1.89 bits per heavy atom. The molecule has 0 N–H and O–H groups in total. The van der Waals surface area contributed by atoms with Crippen molar-refractivity contribution in [1.82, 2.24) is 0 Å². The highest BCUT2D eigenvalue weighted by Crippen LogP contribution is 2.61. The van der Waals surface area contributed by atoms with Gasteiger partial charge in [0.2, 0.25) is 0 Å². The van der Waals surface area contributed by atoms with Crippen LogP contribution in [-0.4, -0.2) is 6.04 Å². The van der Waals surface area contributed by atoms with Crippen LogP contribution < -0.4 is 9.80 Å². The van der Waals surface area contributed by atoms with Gasteiger partial charge in [0.1, 0.15) is 11.2 Å². The van der Waals surface area contributed by atoms with Gasteiger partial charge < -0.3 is 14.2 Å². The van der Waals surface area contributed by atoms with E-state index in [1.165, 1.54) is 94.9 Å². The lowest BCUT2D eigenvalue weighted by atomic mass is 9.65. The van der Waals surface area contributed by atoms with Gasteiger partial charge in [0.15, 0.2) is 0 Å². The molecular formula is C51H44N2O. The minimum Gasteiger partial charge on any atom is -0.456 e. The first-order valence-corrected chi connectivity index (χ1v) is 19.9. The molecule has 1 spiro atoms. The molecule has 3 heteroatoms.